The third-order valence-corrected chi connectivity index (χ3v) is 3.72. The molecule has 0 spiro atoms. The molecule has 1 amide bonds. The number of nitrogens with zero attached hydrogens (tertiary/aromatic N) is 1. The molecule has 0 fully saturated rings. The van der Waals surface area contributed by atoms with Crippen LogP contribution in [0.1, 0.15) is 22.8 Å². The van der Waals surface area contributed by atoms with Crippen molar-refractivity contribution >= 4 is 6.09 Å². The number of nitrogens with one attached hydrogen (secondary N) is 1. The first kappa shape index (κ1) is 19.4. The van der Waals surface area contributed by atoms with Crippen molar-refractivity contribution in [3.63, 3.8) is 0 Å². The fourth-order valence-corrected chi connectivity index (χ4v) is 2.27. The van der Waals surface area contributed by atoms with E-state index in [0.29, 0.717) is 0 Å². The number of aliphatic hydroxyl groups is 2. The lowest BCUT2D eigenvalue weighted by Gasteiger charge is -2.19. The molecule has 0 aliphatic heterocycles. The van der Waals surface area contributed by atoms with Crippen molar-refractivity contribution in [2.45, 2.75) is 25.2 Å². The molecular formula is C19H19FN2O4. The first-order valence-corrected chi connectivity index (χ1v) is 7.97. The van der Waals surface area contributed by atoms with Crippen molar-refractivity contribution in [2.24, 2.45) is 0 Å². The SMILES string of the molecule is N#CCc1ccc(C(O)C(O)CNC(=O)OCc2ccccc2)cc1F. The van der Waals surface area contributed by atoms with Gasteiger partial charge >= 0.3 is 6.09 Å². The number of hydrogen-bond donors (Lipinski definition) is 3. The van der Waals surface area contributed by atoms with Gasteiger partial charge in [0.1, 0.15) is 24.6 Å². The molecule has 0 aromatic heterocycles. The van der Waals surface area contributed by atoms with Crippen molar-refractivity contribution < 1.29 is 24.1 Å². The van der Waals surface area contributed by atoms with E-state index in [4.69, 9.17) is 10.00 Å². The zero-order chi connectivity index (χ0) is 18.9. The highest BCUT2D eigenvalue weighted by Gasteiger charge is 2.20. The zero-order valence-corrected chi connectivity index (χ0v) is 13.9. The van der Waals surface area contributed by atoms with E-state index in [0.717, 1.165) is 11.6 Å². The van der Waals surface area contributed by atoms with Crippen LogP contribution in [0.25, 0.3) is 0 Å². The van der Waals surface area contributed by atoms with Gasteiger partial charge in [0.25, 0.3) is 0 Å². The number of rotatable bonds is 7. The van der Waals surface area contributed by atoms with Crippen LogP contribution in [0.2, 0.25) is 0 Å². The number of amides is 1. The number of hydrogen-bond acceptors (Lipinski definition) is 5. The van der Waals surface area contributed by atoms with Crippen molar-refractivity contribution in [3.8, 4) is 6.07 Å². The summed E-state index contributed by atoms with van der Waals surface area (Å²) in [5.74, 6) is -0.634. The number of halogens is 1. The maximum absolute atomic E-state index is 13.8. The summed E-state index contributed by atoms with van der Waals surface area (Å²) in [6.07, 6.45) is -3.56. The number of carbonyl (C=O) groups is 1. The summed E-state index contributed by atoms with van der Waals surface area (Å²) in [4.78, 5) is 11.6. The smallest absolute Gasteiger partial charge is 0.407 e. The molecule has 0 heterocycles. The van der Waals surface area contributed by atoms with Crippen LogP contribution in [-0.2, 0) is 17.8 Å². The Kier molecular flexibility index (Phi) is 7.09. The van der Waals surface area contributed by atoms with E-state index in [9.17, 15) is 19.4 Å². The van der Waals surface area contributed by atoms with Crippen LogP contribution in [0.15, 0.2) is 48.5 Å². The average Bonchev–Trinajstić information content (AvgIpc) is 2.66. The van der Waals surface area contributed by atoms with Gasteiger partial charge in [-0.3, -0.25) is 0 Å². The first-order chi connectivity index (χ1) is 12.5. The van der Waals surface area contributed by atoms with Crippen molar-refractivity contribution in [3.05, 3.63) is 71.0 Å². The van der Waals surface area contributed by atoms with E-state index in [2.05, 4.69) is 5.32 Å². The van der Waals surface area contributed by atoms with Crippen LogP contribution >= 0.6 is 0 Å². The molecule has 2 aromatic rings. The summed E-state index contributed by atoms with van der Waals surface area (Å²) in [5, 5.41) is 31.0. The van der Waals surface area contributed by atoms with Gasteiger partial charge in [-0.2, -0.15) is 5.26 Å². The van der Waals surface area contributed by atoms with Gasteiger partial charge in [0.2, 0.25) is 0 Å². The van der Waals surface area contributed by atoms with Gasteiger partial charge in [-0.25, -0.2) is 9.18 Å². The summed E-state index contributed by atoms with van der Waals surface area (Å²) in [6, 6.07) is 14.8. The molecule has 3 N–H and O–H groups in total. The molecule has 2 unspecified atom stereocenters. The highest BCUT2D eigenvalue weighted by atomic mass is 19.1. The monoisotopic (exact) mass is 358 g/mol. The predicted octanol–water partition coefficient (Wildman–Crippen LogP) is 2.21. The Balaban J connectivity index is 1.83. The van der Waals surface area contributed by atoms with Crippen LogP contribution in [-0.4, -0.2) is 29.0 Å². The first-order valence-electron chi connectivity index (χ1n) is 7.97. The number of ether oxygens (including phenoxy) is 1. The highest BCUT2D eigenvalue weighted by Crippen LogP contribution is 2.20. The molecule has 2 rings (SSSR count). The van der Waals surface area contributed by atoms with Crippen molar-refractivity contribution in [1.29, 1.82) is 5.26 Å². The Labute approximate surface area is 150 Å². The molecule has 26 heavy (non-hydrogen) atoms. The summed E-state index contributed by atoms with van der Waals surface area (Å²) < 4.78 is 18.8. The molecule has 6 nitrogen and oxygen atoms in total. The minimum Gasteiger partial charge on any atom is -0.445 e. The Morgan fingerprint density at radius 3 is 2.62 bits per heavy atom. The Morgan fingerprint density at radius 2 is 1.96 bits per heavy atom. The summed E-state index contributed by atoms with van der Waals surface area (Å²) in [6.45, 7) is -0.187. The second-order valence-electron chi connectivity index (χ2n) is 5.64. The van der Waals surface area contributed by atoms with E-state index in [1.54, 1.807) is 12.1 Å². The minimum absolute atomic E-state index is 0.0802. The third kappa shape index (κ3) is 5.55. The lowest BCUT2D eigenvalue weighted by atomic mass is 10.0. The van der Waals surface area contributed by atoms with E-state index in [-0.39, 0.29) is 30.7 Å². The lowest BCUT2D eigenvalue weighted by Crippen LogP contribution is -2.35. The minimum atomic E-state index is -1.39. The molecule has 7 heteroatoms. The average molecular weight is 358 g/mol. The van der Waals surface area contributed by atoms with E-state index >= 15 is 0 Å². The van der Waals surface area contributed by atoms with Crippen LogP contribution in [0, 0.1) is 17.1 Å². The molecule has 0 saturated heterocycles. The normalized spacial score (nSPS) is 12.7. The zero-order valence-electron chi connectivity index (χ0n) is 13.9. The van der Waals surface area contributed by atoms with Crippen LogP contribution in [0.5, 0.6) is 0 Å². The molecule has 136 valence electrons. The second-order valence-corrected chi connectivity index (χ2v) is 5.64. The van der Waals surface area contributed by atoms with Gasteiger partial charge in [-0.05, 0) is 17.2 Å². The number of carbonyl (C=O) groups excluding carboxylic acids is 1. The van der Waals surface area contributed by atoms with Gasteiger partial charge in [0.05, 0.1) is 12.5 Å². The topological polar surface area (TPSA) is 103 Å². The van der Waals surface area contributed by atoms with Gasteiger partial charge in [-0.1, -0.05) is 42.5 Å². The van der Waals surface area contributed by atoms with Gasteiger partial charge in [0, 0.05) is 12.1 Å². The standard InChI is InChI=1S/C19H19FN2O4/c20-16-10-15(7-6-14(16)8-9-21)18(24)17(23)11-22-19(25)26-12-13-4-2-1-3-5-13/h1-7,10,17-18,23-24H,8,11-12H2,(H,22,25). The quantitative estimate of drug-likeness (QED) is 0.704. The van der Waals surface area contributed by atoms with E-state index in [1.807, 2.05) is 24.3 Å². The number of aliphatic hydroxyl groups excluding tert-OH is 2. The highest BCUT2D eigenvalue weighted by molar-refractivity contribution is 5.67. The number of alkyl carbamates (subject to hydrolysis) is 1. The predicted molar refractivity (Wildman–Crippen MR) is 91.3 cm³/mol. The molecule has 0 radical (unpaired) electrons. The maximum Gasteiger partial charge on any atom is 0.407 e. The molecule has 0 saturated carbocycles. The van der Waals surface area contributed by atoms with Gasteiger partial charge < -0.3 is 20.3 Å². The second kappa shape index (κ2) is 9.51. The van der Waals surface area contributed by atoms with Gasteiger partial charge in [-0.15, -0.1) is 0 Å². The van der Waals surface area contributed by atoms with E-state index in [1.165, 1.54) is 12.1 Å². The lowest BCUT2D eigenvalue weighted by molar-refractivity contribution is 0.0182. The largest absolute Gasteiger partial charge is 0.445 e. The fourth-order valence-electron chi connectivity index (χ4n) is 2.27. The van der Waals surface area contributed by atoms with E-state index < -0.39 is 24.1 Å². The molecule has 0 aliphatic rings. The van der Waals surface area contributed by atoms with Crippen molar-refractivity contribution in [1.82, 2.24) is 5.32 Å². The Bertz CT molecular complexity index is 777. The van der Waals surface area contributed by atoms with Crippen LogP contribution in [0.3, 0.4) is 0 Å². The molecule has 0 aliphatic carbocycles. The Morgan fingerprint density at radius 1 is 1.23 bits per heavy atom. The molecular weight excluding hydrogens is 339 g/mol. The molecule has 2 aromatic carbocycles. The maximum atomic E-state index is 13.8. The summed E-state index contributed by atoms with van der Waals surface area (Å²) in [7, 11) is 0. The molecule has 2 atom stereocenters. The van der Waals surface area contributed by atoms with Crippen LogP contribution in [0.4, 0.5) is 9.18 Å². The molecule has 0 bridgehead atoms. The number of benzene rings is 2. The van der Waals surface area contributed by atoms with Crippen LogP contribution < -0.4 is 5.32 Å². The van der Waals surface area contributed by atoms with Crippen molar-refractivity contribution in [2.75, 3.05) is 6.54 Å². The third-order valence-electron chi connectivity index (χ3n) is 3.72. The number of nitriles is 1. The Hall–Kier alpha value is -2.95. The summed E-state index contributed by atoms with van der Waals surface area (Å²) >= 11 is 0. The summed E-state index contributed by atoms with van der Waals surface area (Å²) in [5.41, 5.74) is 1.17. The fraction of sp³-hybridized carbons (Fsp3) is 0.263. The van der Waals surface area contributed by atoms with Gasteiger partial charge in [0.15, 0.2) is 0 Å².